The van der Waals surface area contributed by atoms with Gasteiger partial charge in [0.05, 0.1) is 17.7 Å². The van der Waals surface area contributed by atoms with E-state index in [4.69, 9.17) is 4.74 Å². The molecule has 2 heterocycles. The molecule has 0 fully saturated rings. The third-order valence-electron chi connectivity index (χ3n) is 5.26. The zero-order valence-electron chi connectivity index (χ0n) is 16.7. The SMILES string of the molecule is COC(=O)C1CCc2c([N+](=O)[O-])cc(N=C(c3ccccc3)c3ccccc3)c(=O)n21. The number of aliphatic imine (C=N–C) groups is 1. The van der Waals surface area contributed by atoms with Crippen molar-refractivity contribution < 1.29 is 14.5 Å². The predicted molar refractivity (Wildman–Crippen MR) is 115 cm³/mol. The standard InChI is InChI=1S/C23H19N3O5/c1-31-23(28)19-13-12-18-20(26(29)30)14-17(22(27)25(18)19)24-21(15-8-4-2-5-9-15)16-10-6-3-7-11-16/h2-11,14,19H,12-13H2,1H3. The molecule has 1 aromatic heterocycles. The highest BCUT2D eigenvalue weighted by Crippen LogP contribution is 2.33. The minimum Gasteiger partial charge on any atom is -0.467 e. The molecular weight excluding hydrogens is 398 g/mol. The van der Waals surface area contributed by atoms with Crippen molar-refractivity contribution in [2.24, 2.45) is 4.99 Å². The summed E-state index contributed by atoms with van der Waals surface area (Å²) >= 11 is 0. The Kier molecular flexibility index (Phi) is 5.44. The topological polar surface area (TPSA) is 104 Å². The minimum atomic E-state index is -0.904. The third-order valence-corrected chi connectivity index (χ3v) is 5.26. The van der Waals surface area contributed by atoms with Gasteiger partial charge in [-0.3, -0.25) is 19.5 Å². The Morgan fingerprint density at radius 3 is 2.19 bits per heavy atom. The molecule has 0 saturated heterocycles. The van der Waals surface area contributed by atoms with Crippen LogP contribution in [0.5, 0.6) is 0 Å². The zero-order valence-corrected chi connectivity index (χ0v) is 16.7. The van der Waals surface area contributed by atoms with Gasteiger partial charge in [-0.2, -0.15) is 0 Å². The molecule has 0 aliphatic carbocycles. The Hall–Kier alpha value is -4.07. The van der Waals surface area contributed by atoms with Crippen molar-refractivity contribution in [3.8, 4) is 0 Å². The van der Waals surface area contributed by atoms with Crippen LogP contribution < -0.4 is 5.56 Å². The zero-order chi connectivity index (χ0) is 22.0. The molecule has 0 amide bonds. The maximum atomic E-state index is 13.3. The Bertz CT molecular complexity index is 1190. The number of hydrogen-bond acceptors (Lipinski definition) is 6. The highest BCUT2D eigenvalue weighted by molar-refractivity contribution is 6.13. The van der Waals surface area contributed by atoms with E-state index in [-0.39, 0.29) is 29.9 Å². The van der Waals surface area contributed by atoms with Crippen LogP contribution in [0.4, 0.5) is 11.4 Å². The quantitative estimate of drug-likeness (QED) is 0.273. The average Bonchev–Trinajstić information content (AvgIpc) is 3.24. The number of pyridine rings is 1. The van der Waals surface area contributed by atoms with E-state index in [2.05, 4.69) is 4.99 Å². The van der Waals surface area contributed by atoms with E-state index in [1.165, 1.54) is 13.2 Å². The van der Waals surface area contributed by atoms with Crippen molar-refractivity contribution in [1.29, 1.82) is 0 Å². The Morgan fingerprint density at radius 2 is 1.68 bits per heavy atom. The lowest BCUT2D eigenvalue weighted by atomic mass is 10.0. The summed E-state index contributed by atoms with van der Waals surface area (Å²) in [5, 5.41) is 11.7. The fourth-order valence-electron chi connectivity index (χ4n) is 3.83. The Labute approximate surface area is 177 Å². The van der Waals surface area contributed by atoms with Crippen molar-refractivity contribution in [2.75, 3.05) is 7.11 Å². The van der Waals surface area contributed by atoms with Gasteiger partial charge in [0.15, 0.2) is 0 Å². The van der Waals surface area contributed by atoms with Gasteiger partial charge in [-0.15, -0.1) is 0 Å². The summed E-state index contributed by atoms with van der Waals surface area (Å²) in [4.78, 5) is 41.2. The van der Waals surface area contributed by atoms with Crippen molar-refractivity contribution in [1.82, 2.24) is 4.57 Å². The Balaban J connectivity index is 1.97. The lowest BCUT2D eigenvalue weighted by Gasteiger charge is -2.13. The summed E-state index contributed by atoms with van der Waals surface area (Å²) in [6, 6.07) is 18.8. The number of esters is 1. The first-order valence-corrected chi connectivity index (χ1v) is 9.71. The van der Waals surface area contributed by atoms with E-state index in [1.54, 1.807) is 0 Å². The Morgan fingerprint density at radius 1 is 1.10 bits per heavy atom. The van der Waals surface area contributed by atoms with Gasteiger partial charge in [-0.05, 0) is 12.8 Å². The maximum absolute atomic E-state index is 13.3. The second kappa shape index (κ2) is 8.35. The summed E-state index contributed by atoms with van der Waals surface area (Å²) in [6.07, 6.45) is 0.500. The van der Waals surface area contributed by atoms with Gasteiger partial charge in [0, 0.05) is 17.2 Å². The summed E-state index contributed by atoms with van der Waals surface area (Å²) in [6.45, 7) is 0. The molecule has 1 unspecified atom stereocenters. The molecule has 0 saturated carbocycles. The van der Waals surface area contributed by atoms with Gasteiger partial charge < -0.3 is 4.74 Å². The normalized spacial score (nSPS) is 14.5. The van der Waals surface area contributed by atoms with Crippen LogP contribution in [-0.4, -0.2) is 28.3 Å². The van der Waals surface area contributed by atoms with Crippen LogP contribution in [0, 0.1) is 10.1 Å². The smallest absolute Gasteiger partial charge is 0.328 e. The summed E-state index contributed by atoms with van der Waals surface area (Å²) in [5.74, 6) is -0.609. The molecule has 0 bridgehead atoms. The molecular formula is C23H19N3O5. The first kappa shape index (κ1) is 20.2. The van der Waals surface area contributed by atoms with Crippen LogP contribution in [0.3, 0.4) is 0 Å². The van der Waals surface area contributed by atoms with E-state index < -0.39 is 22.5 Å². The molecule has 1 aliphatic heterocycles. The van der Waals surface area contributed by atoms with Crippen LogP contribution in [0.25, 0.3) is 0 Å². The van der Waals surface area contributed by atoms with Gasteiger partial charge in [-0.25, -0.2) is 9.79 Å². The fourth-order valence-corrected chi connectivity index (χ4v) is 3.83. The average molecular weight is 417 g/mol. The van der Waals surface area contributed by atoms with Crippen molar-refractivity contribution in [2.45, 2.75) is 18.9 Å². The summed E-state index contributed by atoms with van der Waals surface area (Å²) in [5.41, 5.74) is 1.33. The monoisotopic (exact) mass is 417 g/mol. The number of hydrogen-bond donors (Lipinski definition) is 0. The van der Waals surface area contributed by atoms with Gasteiger partial charge in [0.25, 0.3) is 11.2 Å². The predicted octanol–water partition coefficient (Wildman–Crippen LogP) is 3.59. The van der Waals surface area contributed by atoms with Crippen LogP contribution in [0.15, 0.2) is 76.5 Å². The molecule has 1 aliphatic rings. The van der Waals surface area contributed by atoms with Crippen molar-refractivity contribution in [3.05, 3.63) is 104 Å². The lowest BCUT2D eigenvalue weighted by Crippen LogP contribution is -2.29. The number of methoxy groups -OCH3 is 1. The number of fused-ring (bicyclic) bond motifs is 1. The summed E-state index contributed by atoms with van der Waals surface area (Å²) in [7, 11) is 1.23. The molecule has 31 heavy (non-hydrogen) atoms. The molecule has 8 nitrogen and oxygen atoms in total. The maximum Gasteiger partial charge on any atom is 0.328 e. The van der Waals surface area contributed by atoms with E-state index in [9.17, 15) is 19.7 Å². The van der Waals surface area contributed by atoms with Gasteiger partial charge in [0.1, 0.15) is 17.4 Å². The first-order chi connectivity index (χ1) is 15.0. The first-order valence-electron chi connectivity index (χ1n) is 9.71. The number of benzene rings is 2. The van der Waals surface area contributed by atoms with E-state index in [0.29, 0.717) is 5.71 Å². The van der Waals surface area contributed by atoms with Gasteiger partial charge in [-0.1, -0.05) is 60.7 Å². The van der Waals surface area contributed by atoms with Gasteiger partial charge >= 0.3 is 5.97 Å². The highest BCUT2D eigenvalue weighted by atomic mass is 16.6. The van der Waals surface area contributed by atoms with E-state index >= 15 is 0 Å². The van der Waals surface area contributed by atoms with Crippen LogP contribution in [0.2, 0.25) is 0 Å². The third kappa shape index (κ3) is 3.75. The van der Waals surface area contributed by atoms with Crippen molar-refractivity contribution >= 4 is 23.1 Å². The molecule has 0 spiro atoms. The molecule has 3 aromatic rings. The number of carbonyl (C=O) groups is 1. The summed E-state index contributed by atoms with van der Waals surface area (Å²) < 4.78 is 5.96. The molecule has 8 heteroatoms. The second-order valence-corrected chi connectivity index (χ2v) is 7.06. The van der Waals surface area contributed by atoms with E-state index in [1.807, 2.05) is 60.7 Å². The highest BCUT2D eigenvalue weighted by Gasteiger charge is 2.36. The largest absolute Gasteiger partial charge is 0.467 e. The fraction of sp³-hybridized carbons (Fsp3) is 0.174. The van der Waals surface area contributed by atoms with Crippen LogP contribution in [-0.2, 0) is 16.0 Å². The number of ether oxygens (including phenoxy) is 1. The van der Waals surface area contributed by atoms with Crippen LogP contribution in [0.1, 0.15) is 29.3 Å². The second-order valence-electron chi connectivity index (χ2n) is 7.06. The minimum absolute atomic E-state index is 0.103. The number of nitro groups is 1. The number of aromatic nitrogens is 1. The molecule has 4 rings (SSSR count). The molecule has 0 radical (unpaired) electrons. The lowest BCUT2D eigenvalue weighted by molar-refractivity contribution is -0.386. The molecule has 156 valence electrons. The van der Waals surface area contributed by atoms with E-state index in [0.717, 1.165) is 15.7 Å². The molecule has 2 aromatic carbocycles. The van der Waals surface area contributed by atoms with Crippen molar-refractivity contribution in [3.63, 3.8) is 0 Å². The molecule has 0 N–H and O–H groups in total. The van der Waals surface area contributed by atoms with Gasteiger partial charge in [0.2, 0.25) is 0 Å². The molecule has 1 atom stereocenters. The number of carbonyl (C=O) groups excluding carboxylic acids is 1. The van der Waals surface area contributed by atoms with Crippen LogP contribution >= 0.6 is 0 Å². The number of rotatable bonds is 5. The number of nitrogens with zero attached hydrogens (tertiary/aromatic N) is 3.